The lowest BCUT2D eigenvalue weighted by atomic mass is 10.2. The number of thiazole rings is 1. The van der Waals surface area contributed by atoms with Crippen molar-refractivity contribution in [1.82, 2.24) is 9.97 Å². The summed E-state index contributed by atoms with van der Waals surface area (Å²) in [7, 11) is 1.61. The van der Waals surface area contributed by atoms with Crippen LogP contribution in [0, 0.1) is 0 Å². The summed E-state index contributed by atoms with van der Waals surface area (Å²) in [5.74, 6) is 0.515. The van der Waals surface area contributed by atoms with Crippen LogP contribution in [-0.2, 0) is 0 Å². The number of nitrogens with zero attached hydrogens (tertiary/aromatic N) is 1. The molecule has 124 valence electrons. The van der Waals surface area contributed by atoms with Crippen LogP contribution in [0.2, 0.25) is 0 Å². The van der Waals surface area contributed by atoms with Gasteiger partial charge in [-0.05, 0) is 30.3 Å². The van der Waals surface area contributed by atoms with E-state index in [0.717, 1.165) is 27.2 Å². The predicted molar refractivity (Wildman–Crippen MR) is 100 cm³/mol. The lowest BCUT2D eigenvalue weighted by molar-refractivity contribution is 0.102. The van der Waals surface area contributed by atoms with Crippen molar-refractivity contribution in [3.05, 3.63) is 65.8 Å². The third kappa shape index (κ3) is 2.99. The van der Waals surface area contributed by atoms with Gasteiger partial charge in [0.2, 0.25) is 0 Å². The van der Waals surface area contributed by atoms with E-state index >= 15 is 0 Å². The van der Waals surface area contributed by atoms with Crippen LogP contribution in [0.15, 0.2) is 60.1 Å². The number of nitrogens with one attached hydrogen (secondary N) is 2. The molecule has 0 radical (unpaired) electrons. The zero-order chi connectivity index (χ0) is 17.2. The molecule has 0 aliphatic carbocycles. The van der Waals surface area contributed by atoms with E-state index in [4.69, 9.17) is 4.74 Å². The second kappa shape index (κ2) is 6.41. The summed E-state index contributed by atoms with van der Waals surface area (Å²) >= 11 is 1.46. The molecule has 1 amide bonds. The smallest absolute Gasteiger partial charge is 0.275 e. The fourth-order valence-electron chi connectivity index (χ4n) is 2.62. The Balaban J connectivity index is 1.57. The van der Waals surface area contributed by atoms with Crippen molar-refractivity contribution < 1.29 is 9.53 Å². The Hall–Kier alpha value is -3.12. The summed E-state index contributed by atoms with van der Waals surface area (Å²) < 4.78 is 5.11. The average molecular weight is 349 g/mol. The van der Waals surface area contributed by atoms with Gasteiger partial charge in [-0.15, -0.1) is 11.3 Å². The number of carbonyl (C=O) groups excluding carboxylic acids is 1. The van der Waals surface area contributed by atoms with E-state index in [1.807, 2.05) is 30.5 Å². The normalized spacial score (nSPS) is 10.8. The van der Waals surface area contributed by atoms with Crippen molar-refractivity contribution >= 4 is 33.8 Å². The molecule has 0 aliphatic rings. The highest BCUT2D eigenvalue weighted by atomic mass is 32.1. The van der Waals surface area contributed by atoms with Crippen molar-refractivity contribution in [2.75, 3.05) is 12.4 Å². The molecule has 2 heterocycles. The molecule has 0 fully saturated rings. The summed E-state index contributed by atoms with van der Waals surface area (Å²) in [6.07, 6.45) is 1.93. The lowest BCUT2D eigenvalue weighted by Crippen LogP contribution is -2.12. The van der Waals surface area contributed by atoms with Gasteiger partial charge in [0.25, 0.3) is 5.91 Å². The highest BCUT2D eigenvalue weighted by molar-refractivity contribution is 7.13. The van der Waals surface area contributed by atoms with Gasteiger partial charge in [0, 0.05) is 33.7 Å². The van der Waals surface area contributed by atoms with Crippen molar-refractivity contribution in [1.29, 1.82) is 0 Å². The number of methoxy groups -OCH3 is 1. The van der Waals surface area contributed by atoms with Crippen molar-refractivity contribution in [2.24, 2.45) is 0 Å². The van der Waals surface area contributed by atoms with E-state index in [1.165, 1.54) is 11.3 Å². The summed E-state index contributed by atoms with van der Waals surface area (Å²) in [5.41, 5.74) is 3.16. The lowest BCUT2D eigenvalue weighted by Gasteiger charge is -2.04. The van der Waals surface area contributed by atoms with E-state index in [0.29, 0.717) is 11.4 Å². The van der Waals surface area contributed by atoms with Gasteiger partial charge in [0.05, 0.1) is 7.11 Å². The molecule has 25 heavy (non-hydrogen) atoms. The third-order valence-electron chi connectivity index (χ3n) is 3.90. The number of H-pyrrole nitrogens is 1. The fraction of sp³-hybridized carbons (Fsp3) is 0.0526. The molecule has 0 unspecified atom stereocenters. The standard InChI is InChI=1S/C19H15N3O2S/c1-24-13-8-6-12(7-9-13)21-18(23)17-11-25-19(22-17)15-10-20-16-5-3-2-4-14(15)16/h2-11,20H,1H3,(H,21,23). The predicted octanol–water partition coefficient (Wildman–Crippen LogP) is 4.55. The van der Waals surface area contributed by atoms with Gasteiger partial charge in [0.15, 0.2) is 0 Å². The Morgan fingerprint density at radius 2 is 1.96 bits per heavy atom. The van der Waals surface area contributed by atoms with Crippen LogP contribution >= 0.6 is 11.3 Å². The zero-order valence-corrected chi connectivity index (χ0v) is 14.3. The van der Waals surface area contributed by atoms with Crippen LogP contribution in [0.4, 0.5) is 5.69 Å². The van der Waals surface area contributed by atoms with Gasteiger partial charge in [-0.3, -0.25) is 4.79 Å². The molecule has 5 nitrogen and oxygen atoms in total. The minimum atomic E-state index is -0.229. The van der Waals surface area contributed by atoms with Gasteiger partial charge in [-0.1, -0.05) is 18.2 Å². The molecule has 0 spiro atoms. The van der Waals surface area contributed by atoms with Gasteiger partial charge < -0.3 is 15.0 Å². The number of fused-ring (bicyclic) bond motifs is 1. The SMILES string of the molecule is COc1ccc(NC(=O)c2csc(-c3c[nH]c4ccccc34)n2)cc1. The minimum absolute atomic E-state index is 0.229. The van der Waals surface area contributed by atoms with Crippen molar-refractivity contribution in [3.8, 4) is 16.3 Å². The van der Waals surface area contributed by atoms with Gasteiger partial charge >= 0.3 is 0 Å². The molecule has 0 atom stereocenters. The Labute approximate surface area is 148 Å². The highest BCUT2D eigenvalue weighted by Crippen LogP contribution is 2.31. The molecular formula is C19H15N3O2S. The number of hydrogen-bond donors (Lipinski definition) is 2. The van der Waals surface area contributed by atoms with E-state index in [2.05, 4.69) is 15.3 Å². The number of anilines is 1. The largest absolute Gasteiger partial charge is 0.497 e. The highest BCUT2D eigenvalue weighted by Gasteiger charge is 2.14. The van der Waals surface area contributed by atoms with E-state index in [-0.39, 0.29) is 5.91 Å². The maximum atomic E-state index is 12.4. The van der Waals surface area contributed by atoms with Crippen LogP contribution < -0.4 is 10.1 Å². The number of aromatic amines is 1. The van der Waals surface area contributed by atoms with Crippen LogP contribution in [0.3, 0.4) is 0 Å². The number of para-hydroxylation sites is 1. The summed E-state index contributed by atoms with van der Waals surface area (Å²) in [5, 5.41) is 6.53. The molecule has 0 aliphatic heterocycles. The molecule has 6 heteroatoms. The quantitative estimate of drug-likeness (QED) is 0.568. The van der Waals surface area contributed by atoms with Gasteiger partial charge in [0.1, 0.15) is 16.5 Å². The molecule has 2 aromatic heterocycles. The topological polar surface area (TPSA) is 67.0 Å². The van der Waals surface area contributed by atoms with E-state index < -0.39 is 0 Å². The minimum Gasteiger partial charge on any atom is -0.497 e. The molecule has 0 saturated carbocycles. The number of aromatic nitrogens is 2. The molecule has 4 aromatic rings. The van der Waals surface area contributed by atoms with Crippen molar-refractivity contribution in [2.45, 2.75) is 0 Å². The second-order valence-corrected chi connectivity index (χ2v) is 6.33. The molecule has 4 rings (SSSR count). The van der Waals surface area contributed by atoms with E-state index in [9.17, 15) is 4.79 Å². The summed E-state index contributed by atoms with van der Waals surface area (Å²) in [6, 6.07) is 15.2. The number of benzene rings is 2. The number of hydrogen-bond acceptors (Lipinski definition) is 4. The van der Waals surface area contributed by atoms with Crippen molar-refractivity contribution in [3.63, 3.8) is 0 Å². The van der Waals surface area contributed by atoms with Gasteiger partial charge in [-0.2, -0.15) is 0 Å². The molecule has 0 saturated heterocycles. The van der Waals surface area contributed by atoms with E-state index in [1.54, 1.807) is 36.8 Å². The number of amides is 1. The first-order valence-electron chi connectivity index (χ1n) is 7.72. The number of carbonyl (C=O) groups is 1. The maximum absolute atomic E-state index is 12.4. The Bertz CT molecular complexity index is 1030. The molecule has 2 aromatic carbocycles. The Kier molecular flexibility index (Phi) is 3.95. The first-order chi connectivity index (χ1) is 12.2. The van der Waals surface area contributed by atoms with Crippen LogP contribution in [0.25, 0.3) is 21.5 Å². The summed E-state index contributed by atoms with van der Waals surface area (Å²) in [4.78, 5) is 20.1. The fourth-order valence-corrected chi connectivity index (χ4v) is 3.45. The third-order valence-corrected chi connectivity index (χ3v) is 4.78. The second-order valence-electron chi connectivity index (χ2n) is 5.47. The van der Waals surface area contributed by atoms with Gasteiger partial charge in [-0.25, -0.2) is 4.98 Å². The molecule has 2 N–H and O–H groups in total. The monoisotopic (exact) mass is 349 g/mol. The Morgan fingerprint density at radius 1 is 1.16 bits per heavy atom. The molecular weight excluding hydrogens is 334 g/mol. The first-order valence-corrected chi connectivity index (χ1v) is 8.60. The van der Waals surface area contributed by atoms with Crippen LogP contribution in [-0.4, -0.2) is 23.0 Å². The number of ether oxygens (including phenoxy) is 1. The zero-order valence-electron chi connectivity index (χ0n) is 13.4. The Morgan fingerprint density at radius 3 is 2.76 bits per heavy atom. The molecule has 0 bridgehead atoms. The van der Waals surface area contributed by atoms with Crippen LogP contribution in [0.1, 0.15) is 10.5 Å². The average Bonchev–Trinajstić information content (AvgIpc) is 3.29. The summed E-state index contributed by atoms with van der Waals surface area (Å²) in [6.45, 7) is 0. The number of rotatable bonds is 4. The van der Waals surface area contributed by atoms with Crippen LogP contribution in [0.5, 0.6) is 5.75 Å². The first kappa shape index (κ1) is 15.4. The maximum Gasteiger partial charge on any atom is 0.275 e.